The van der Waals surface area contributed by atoms with Crippen molar-refractivity contribution in [1.29, 1.82) is 5.26 Å². The lowest BCUT2D eigenvalue weighted by atomic mass is 9.83. The van der Waals surface area contributed by atoms with Gasteiger partial charge >= 0.3 is 5.97 Å². The fraction of sp³-hybridized carbons (Fsp3) is 0.125. The van der Waals surface area contributed by atoms with Gasteiger partial charge in [0.05, 0.1) is 13.0 Å². The Kier molecular flexibility index (Phi) is 8.60. The lowest BCUT2D eigenvalue weighted by molar-refractivity contribution is -0.136. The van der Waals surface area contributed by atoms with Crippen molar-refractivity contribution in [3.63, 3.8) is 0 Å². The summed E-state index contributed by atoms with van der Waals surface area (Å²) in [5.74, 6) is 0.218. The van der Waals surface area contributed by atoms with Crippen molar-refractivity contribution in [3.05, 3.63) is 123 Å². The maximum atomic E-state index is 14.1. The van der Waals surface area contributed by atoms with Crippen LogP contribution in [0.25, 0.3) is 0 Å². The van der Waals surface area contributed by atoms with Crippen molar-refractivity contribution in [2.24, 2.45) is 5.73 Å². The molecule has 0 saturated heterocycles. The fourth-order valence-corrected chi connectivity index (χ4v) is 4.69. The Labute approximate surface area is 249 Å². The van der Waals surface area contributed by atoms with Crippen LogP contribution in [0.3, 0.4) is 0 Å². The van der Waals surface area contributed by atoms with Crippen LogP contribution in [0, 0.1) is 17.1 Å². The molecule has 1 unspecified atom stereocenters. The molecular weight excluding hydrogens is 607 g/mol. The van der Waals surface area contributed by atoms with Gasteiger partial charge in [-0.25, -0.2) is 9.18 Å². The molecule has 212 valence electrons. The number of esters is 1. The number of fused-ring (bicyclic) bond motifs is 1. The van der Waals surface area contributed by atoms with E-state index in [1.54, 1.807) is 72.8 Å². The van der Waals surface area contributed by atoms with Gasteiger partial charge in [-0.3, -0.25) is 0 Å². The summed E-state index contributed by atoms with van der Waals surface area (Å²) in [4.78, 5) is 12.4. The van der Waals surface area contributed by atoms with Gasteiger partial charge in [0.25, 0.3) is 0 Å². The van der Waals surface area contributed by atoms with E-state index in [1.807, 2.05) is 0 Å². The molecule has 0 aliphatic carbocycles. The van der Waals surface area contributed by atoms with Gasteiger partial charge < -0.3 is 29.4 Å². The molecule has 1 heterocycles. The van der Waals surface area contributed by atoms with Gasteiger partial charge in [-0.1, -0.05) is 46.3 Å². The van der Waals surface area contributed by atoms with Crippen molar-refractivity contribution >= 4 is 21.9 Å². The molecule has 4 aromatic rings. The first kappa shape index (κ1) is 28.5. The number of ether oxygens (including phenoxy) is 5. The van der Waals surface area contributed by atoms with Crippen LogP contribution in [0.1, 0.15) is 22.6 Å². The molecule has 1 aliphatic heterocycles. The minimum atomic E-state index is -0.609. The summed E-state index contributed by atoms with van der Waals surface area (Å²) in [5.41, 5.74) is 8.07. The van der Waals surface area contributed by atoms with E-state index in [4.69, 9.17) is 29.4 Å². The van der Waals surface area contributed by atoms with E-state index >= 15 is 0 Å². The van der Waals surface area contributed by atoms with Crippen LogP contribution >= 0.6 is 15.9 Å². The molecule has 0 radical (unpaired) electrons. The molecule has 0 aromatic heterocycles. The maximum Gasteiger partial charge on any atom is 0.349 e. The highest BCUT2D eigenvalue weighted by Gasteiger charge is 2.32. The van der Waals surface area contributed by atoms with Gasteiger partial charge in [-0.2, -0.15) is 5.26 Å². The minimum absolute atomic E-state index is 0.00838. The van der Waals surface area contributed by atoms with Gasteiger partial charge in [0.1, 0.15) is 41.3 Å². The number of nitrogens with zero attached hydrogens (tertiary/aromatic N) is 1. The number of carbonyl (C=O) groups is 1. The predicted molar refractivity (Wildman–Crippen MR) is 155 cm³/mol. The summed E-state index contributed by atoms with van der Waals surface area (Å²) in [6, 6.07) is 25.6. The number of nitriles is 1. The molecule has 0 amide bonds. The van der Waals surface area contributed by atoms with E-state index in [2.05, 4.69) is 22.0 Å². The van der Waals surface area contributed by atoms with Gasteiger partial charge in [0.15, 0.2) is 18.1 Å². The van der Waals surface area contributed by atoms with Gasteiger partial charge in [0, 0.05) is 21.7 Å². The second kappa shape index (κ2) is 12.7. The van der Waals surface area contributed by atoms with E-state index in [0.717, 1.165) is 4.47 Å². The monoisotopic (exact) mass is 630 g/mol. The maximum absolute atomic E-state index is 14.1. The van der Waals surface area contributed by atoms with Crippen molar-refractivity contribution in [2.45, 2.75) is 12.5 Å². The van der Waals surface area contributed by atoms with E-state index in [-0.39, 0.29) is 36.2 Å². The molecular formula is C32H24BrFN2O6. The number of carbonyl (C=O) groups excluding carboxylic acids is 1. The minimum Gasteiger partial charge on any atom is -0.493 e. The van der Waals surface area contributed by atoms with Crippen LogP contribution in [0.4, 0.5) is 4.39 Å². The van der Waals surface area contributed by atoms with E-state index in [1.165, 1.54) is 19.2 Å². The molecule has 1 atom stereocenters. The zero-order valence-electron chi connectivity index (χ0n) is 22.3. The molecule has 0 spiro atoms. The Morgan fingerprint density at radius 2 is 1.76 bits per heavy atom. The summed E-state index contributed by atoms with van der Waals surface area (Å²) < 4.78 is 43.0. The largest absolute Gasteiger partial charge is 0.493 e. The average molecular weight is 631 g/mol. The van der Waals surface area contributed by atoms with Crippen molar-refractivity contribution in [1.82, 2.24) is 0 Å². The molecule has 1 aliphatic rings. The van der Waals surface area contributed by atoms with Crippen LogP contribution in [-0.4, -0.2) is 19.7 Å². The van der Waals surface area contributed by atoms with Crippen LogP contribution in [0.15, 0.2) is 101 Å². The van der Waals surface area contributed by atoms with Crippen molar-refractivity contribution in [3.8, 4) is 34.8 Å². The van der Waals surface area contributed by atoms with E-state index < -0.39 is 11.9 Å². The molecule has 2 N–H and O–H groups in total. The molecule has 0 bridgehead atoms. The molecule has 0 fully saturated rings. The Hall–Kier alpha value is -5.01. The van der Waals surface area contributed by atoms with Crippen molar-refractivity contribution in [2.75, 3.05) is 13.7 Å². The smallest absolute Gasteiger partial charge is 0.349 e. The van der Waals surface area contributed by atoms with E-state index in [9.17, 15) is 14.4 Å². The number of nitrogens with two attached hydrogens (primary N) is 1. The normalized spacial score (nSPS) is 13.8. The Balaban J connectivity index is 1.36. The molecule has 42 heavy (non-hydrogen) atoms. The fourth-order valence-electron chi connectivity index (χ4n) is 4.43. The zero-order chi connectivity index (χ0) is 29.6. The van der Waals surface area contributed by atoms with Crippen molar-refractivity contribution < 1.29 is 32.9 Å². The Morgan fingerprint density at radius 1 is 1.00 bits per heavy atom. The number of hydrogen-bond donors (Lipinski definition) is 1. The summed E-state index contributed by atoms with van der Waals surface area (Å²) in [7, 11) is 1.49. The van der Waals surface area contributed by atoms with Gasteiger partial charge in [0.2, 0.25) is 5.88 Å². The second-order valence-electron chi connectivity index (χ2n) is 9.13. The number of allylic oxidation sites excluding steroid dienone is 1. The van der Waals surface area contributed by atoms with Gasteiger partial charge in [-0.05, 0) is 54.1 Å². The predicted octanol–water partition coefficient (Wildman–Crippen LogP) is 6.38. The first-order valence-corrected chi connectivity index (χ1v) is 13.5. The number of halogens is 2. The SMILES string of the molecule is COc1cc(C2C(C#N)=C(N)Oc3cc(OC(=O)COc4ccc(Br)cc4)ccc32)ccc1OCc1ccccc1F. The molecule has 5 rings (SSSR count). The first-order chi connectivity index (χ1) is 20.4. The summed E-state index contributed by atoms with van der Waals surface area (Å²) in [6.45, 7) is -0.289. The number of rotatable bonds is 9. The second-order valence-corrected chi connectivity index (χ2v) is 10.0. The quantitative estimate of drug-likeness (QED) is 0.167. The van der Waals surface area contributed by atoms with Crippen LogP contribution < -0.4 is 29.4 Å². The molecule has 10 heteroatoms. The first-order valence-electron chi connectivity index (χ1n) is 12.7. The third-order valence-electron chi connectivity index (χ3n) is 6.45. The number of methoxy groups -OCH3 is 1. The molecule has 8 nitrogen and oxygen atoms in total. The number of benzene rings is 4. The Bertz CT molecular complexity index is 1700. The lowest BCUT2D eigenvalue weighted by Gasteiger charge is -2.27. The highest BCUT2D eigenvalue weighted by molar-refractivity contribution is 9.10. The standard InChI is InChI=1S/C32H24BrFN2O6/c1-38-29-14-19(6-13-27(29)40-17-20-4-2-3-5-26(20)34)31-24-12-11-23(15-28(24)42-32(36)25(31)16-35)41-30(37)18-39-22-9-7-21(33)8-10-22/h2-15,31H,17-18,36H2,1H3. The molecule has 4 aromatic carbocycles. The van der Waals surface area contributed by atoms with Crippen LogP contribution in [0.5, 0.6) is 28.7 Å². The summed E-state index contributed by atoms with van der Waals surface area (Å²) >= 11 is 3.35. The highest BCUT2D eigenvalue weighted by Crippen LogP contribution is 2.45. The average Bonchev–Trinajstić information content (AvgIpc) is 2.99. The highest BCUT2D eigenvalue weighted by atomic mass is 79.9. The van der Waals surface area contributed by atoms with Crippen LogP contribution in [-0.2, 0) is 11.4 Å². The van der Waals surface area contributed by atoms with Crippen LogP contribution in [0.2, 0.25) is 0 Å². The lowest BCUT2D eigenvalue weighted by Crippen LogP contribution is -2.21. The Morgan fingerprint density at radius 3 is 2.50 bits per heavy atom. The summed E-state index contributed by atoms with van der Waals surface area (Å²) in [5, 5.41) is 9.93. The third-order valence-corrected chi connectivity index (χ3v) is 6.98. The topological polar surface area (TPSA) is 113 Å². The zero-order valence-corrected chi connectivity index (χ0v) is 23.9. The summed E-state index contributed by atoms with van der Waals surface area (Å²) in [6.07, 6.45) is 0. The van der Waals surface area contributed by atoms with E-state index in [0.29, 0.717) is 39.7 Å². The third kappa shape index (κ3) is 6.32. The van der Waals surface area contributed by atoms with Gasteiger partial charge in [-0.15, -0.1) is 0 Å². The molecule has 0 saturated carbocycles. The number of hydrogen-bond acceptors (Lipinski definition) is 8.